The van der Waals surface area contributed by atoms with Gasteiger partial charge in [0.05, 0.1) is 23.0 Å². The molecule has 0 fully saturated rings. The van der Waals surface area contributed by atoms with E-state index in [0.717, 1.165) is 0 Å². The summed E-state index contributed by atoms with van der Waals surface area (Å²) in [7, 11) is -8.43. The van der Waals surface area contributed by atoms with Crippen LogP contribution in [-0.2, 0) is 28.6 Å². The lowest BCUT2D eigenvalue weighted by Gasteiger charge is -2.26. The van der Waals surface area contributed by atoms with Crippen molar-refractivity contribution in [1.82, 2.24) is 0 Å². The van der Waals surface area contributed by atoms with Gasteiger partial charge < -0.3 is 20.4 Å². The third kappa shape index (κ3) is 6.55. The van der Waals surface area contributed by atoms with Gasteiger partial charge in [0.15, 0.2) is 0 Å². The molecular weight excluding hydrogens is 440 g/mol. The summed E-state index contributed by atoms with van der Waals surface area (Å²) in [6.45, 7) is -1.82. The molecule has 30 heavy (non-hydrogen) atoms. The summed E-state index contributed by atoms with van der Waals surface area (Å²) in [5.74, 6) is 0. The van der Waals surface area contributed by atoms with Crippen molar-refractivity contribution < 1.29 is 45.6 Å². The number of aliphatic hydroxyl groups is 4. The molecule has 0 heterocycles. The fourth-order valence-corrected chi connectivity index (χ4v) is 4.17. The molecule has 4 atom stereocenters. The molecule has 0 bridgehead atoms. The molecule has 0 radical (unpaired) electrons. The van der Waals surface area contributed by atoms with Crippen LogP contribution in [0.4, 0.5) is 0 Å². The van der Waals surface area contributed by atoms with Gasteiger partial charge in [-0.2, -0.15) is 16.8 Å². The van der Waals surface area contributed by atoms with Crippen LogP contribution in [0.15, 0.2) is 70.5 Å². The maximum absolute atomic E-state index is 12.0. The van der Waals surface area contributed by atoms with Crippen LogP contribution in [-0.4, -0.2) is 74.9 Å². The van der Waals surface area contributed by atoms with Crippen LogP contribution in [0.25, 0.3) is 0 Å². The molecular formula is C18H22O10S2. The van der Waals surface area contributed by atoms with Gasteiger partial charge in [-0.25, -0.2) is 0 Å². The highest BCUT2D eigenvalue weighted by atomic mass is 32.2. The Hall–Kier alpha value is -1.90. The second kappa shape index (κ2) is 10.4. The van der Waals surface area contributed by atoms with Crippen molar-refractivity contribution in [1.29, 1.82) is 0 Å². The van der Waals surface area contributed by atoms with E-state index in [-0.39, 0.29) is 9.79 Å². The quantitative estimate of drug-likeness (QED) is 0.312. The standard InChI is InChI=1S/C18H22O10S2/c19-15(11-27-29(23,24)13-7-3-1-4-8-13)17(21)18(22)16(20)12-28-30(25,26)14-9-5-2-6-10-14/h1-10,15-22H,11-12H2/t15-,16+,17-,18-/m0/s1. The largest absolute Gasteiger partial charge is 0.388 e. The Kier molecular flexibility index (Phi) is 8.46. The lowest BCUT2D eigenvalue weighted by atomic mass is 10.0. The molecule has 0 saturated heterocycles. The first-order chi connectivity index (χ1) is 14.0. The minimum absolute atomic E-state index is 0.174. The predicted molar refractivity (Wildman–Crippen MR) is 103 cm³/mol. The number of rotatable bonds is 11. The second-order valence-electron chi connectivity index (χ2n) is 6.22. The first-order valence-corrected chi connectivity index (χ1v) is 11.5. The second-order valence-corrected chi connectivity index (χ2v) is 9.45. The van der Waals surface area contributed by atoms with Crippen molar-refractivity contribution in [2.45, 2.75) is 34.2 Å². The SMILES string of the molecule is O=S(=O)(OC[C@@H](O)[C@H](O)[C@@H](O)[C@@H](O)COS(=O)(=O)c1ccccc1)c1ccccc1. The van der Waals surface area contributed by atoms with Crippen LogP contribution in [0.3, 0.4) is 0 Å². The lowest BCUT2D eigenvalue weighted by Crippen LogP contribution is -2.48. The summed E-state index contributed by atoms with van der Waals surface area (Å²) in [6.07, 6.45) is -7.90. The Bertz CT molecular complexity index is 910. The average Bonchev–Trinajstić information content (AvgIpc) is 2.76. The van der Waals surface area contributed by atoms with Crippen LogP contribution < -0.4 is 0 Å². The van der Waals surface area contributed by atoms with E-state index in [1.807, 2.05) is 0 Å². The van der Waals surface area contributed by atoms with E-state index in [1.54, 1.807) is 12.1 Å². The molecule has 0 unspecified atom stereocenters. The Morgan fingerprint density at radius 2 is 0.900 bits per heavy atom. The zero-order chi connectivity index (χ0) is 22.4. The van der Waals surface area contributed by atoms with Crippen molar-refractivity contribution >= 4 is 20.2 Å². The first-order valence-electron chi connectivity index (χ1n) is 8.66. The normalized spacial score (nSPS) is 16.5. The lowest BCUT2D eigenvalue weighted by molar-refractivity contribution is -0.118. The van der Waals surface area contributed by atoms with Crippen molar-refractivity contribution in [3.8, 4) is 0 Å². The number of hydrogen-bond donors (Lipinski definition) is 4. The number of aliphatic hydroxyl groups excluding tert-OH is 4. The molecule has 0 aliphatic rings. The molecule has 4 N–H and O–H groups in total. The van der Waals surface area contributed by atoms with Crippen molar-refractivity contribution in [3.05, 3.63) is 60.7 Å². The zero-order valence-electron chi connectivity index (χ0n) is 15.6. The summed E-state index contributed by atoms with van der Waals surface area (Å²) >= 11 is 0. The average molecular weight is 462 g/mol. The van der Waals surface area contributed by atoms with E-state index in [0.29, 0.717) is 0 Å². The third-order valence-corrected chi connectivity index (χ3v) is 6.58. The minimum atomic E-state index is -4.21. The first kappa shape index (κ1) is 24.4. The maximum atomic E-state index is 12.0. The van der Waals surface area contributed by atoms with Crippen LogP contribution in [0.2, 0.25) is 0 Å². The molecule has 2 aromatic rings. The zero-order valence-corrected chi connectivity index (χ0v) is 17.2. The fourth-order valence-electron chi connectivity index (χ4n) is 2.28. The highest BCUT2D eigenvalue weighted by Crippen LogP contribution is 2.15. The smallest absolute Gasteiger partial charge is 0.297 e. The van der Waals surface area contributed by atoms with Crippen LogP contribution in [0, 0.1) is 0 Å². The van der Waals surface area contributed by atoms with E-state index >= 15 is 0 Å². The third-order valence-electron chi connectivity index (χ3n) is 3.99. The van der Waals surface area contributed by atoms with E-state index in [9.17, 15) is 37.3 Å². The summed E-state index contributed by atoms with van der Waals surface area (Å²) in [6, 6.07) is 14.1. The maximum Gasteiger partial charge on any atom is 0.297 e. The Morgan fingerprint density at radius 1 is 0.600 bits per heavy atom. The van der Waals surface area contributed by atoms with Crippen molar-refractivity contribution in [3.63, 3.8) is 0 Å². The Morgan fingerprint density at radius 3 is 1.20 bits per heavy atom. The minimum Gasteiger partial charge on any atom is -0.388 e. The van der Waals surface area contributed by atoms with E-state index in [1.165, 1.54) is 48.5 Å². The van der Waals surface area contributed by atoms with Crippen molar-refractivity contribution in [2.24, 2.45) is 0 Å². The molecule has 2 aromatic carbocycles. The van der Waals surface area contributed by atoms with E-state index in [4.69, 9.17) is 0 Å². The Balaban J connectivity index is 1.90. The van der Waals surface area contributed by atoms with Gasteiger partial charge in [-0.1, -0.05) is 36.4 Å². The predicted octanol–water partition coefficient (Wildman–Crippen LogP) is -0.759. The van der Waals surface area contributed by atoms with Crippen molar-refractivity contribution in [2.75, 3.05) is 13.2 Å². The molecule has 10 nitrogen and oxygen atoms in total. The molecule has 2 rings (SSSR count). The highest BCUT2D eigenvalue weighted by molar-refractivity contribution is 7.87. The van der Waals surface area contributed by atoms with Crippen LogP contribution in [0.1, 0.15) is 0 Å². The number of benzene rings is 2. The van der Waals surface area contributed by atoms with Gasteiger partial charge in [0.2, 0.25) is 0 Å². The van der Waals surface area contributed by atoms with Gasteiger partial charge in [0, 0.05) is 0 Å². The molecule has 12 heteroatoms. The summed E-state index contributed by atoms with van der Waals surface area (Å²) < 4.78 is 57.3. The van der Waals surface area contributed by atoms with Crippen LogP contribution in [0.5, 0.6) is 0 Å². The van der Waals surface area contributed by atoms with Gasteiger partial charge in [-0.3, -0.25) is 8.37 Å². The van der Waals surface area contributed by atoms with Gasteiger partial charge >= 0.3 is 0 Å². The summed E-state index contributed by atoms with van der Waals surface area (Å²) in [4.78, 5) is -0.349. The van der Waals surface area contributed by atoms with Gasteiger partial charge in [0.1, 0.15) is 24.4 Å². The fraction of sp³-hybridized carbons (Fsp3) is 0.333. The highest BCUT2D eigenvalue weighted by Gasteiger charge is 2.33. The summed E-state index contributed by atoms with van der Waals surface area (Å²) in [5.41, 5.74) is 0. The molecule has 0 amide bonds. The topological polar surface area (TPSA) is 168 Å². The molecule has 0 aliphatic carbocycles. The van der Waals surface area contributed by atoms with E-state index < -0.39 is 57.9 Å². The molecule has 0 aliphatic heterocycles. The van der Waals surface area contributed by atoms with Gasteiger partial charge in [-0.05, 0) is 24.3 Å². The molecule has 166 valence electrons. The molecule has 0 aromatic heterocycles. The van der Waals surface area contributed by atoms with E-state index in [2.05, 4.69) is 8.37 Å². The Labute approximate surface area is 174 Å². The molecule has 0 spiro atoms. The van der Waals surface area contributed by atoms with Crippen LogP contribution >= 0.6 is 0 Å². The van der Waals surface area contributed by atoms with Gasteiger partial charge in [0.25, 0.3) is 20.2 Å². The van der Waals surface area contributed by atoms with Gasteiger partial charge in [-0.15, -0.1) is 0 Å². The summed E-state index contributed by atoms with van der Waals surface area (Å²) in [5, 5.41) is 39.6. The molecule has 0 saturated carbocycles. The monoisotopic (exact) mass is 462 g/mol. The number of hydrogen-bond acceptors (Lipinski definition) is 10.